The molecule has 0 fully saturated rings. The summed E-state index contributed by atoms with van der Waals surface area (Å²) in [5.41, 5.74) is 2.21. The number of aliphatic hydroxyl groups is 1. The zero-order chi connectivity index (χ0) is 11.7. The fourth-order valence-electron chi connectivity index (χ4n) is 1.58. The largest absolute Gasteiger partial charge is 0.390 e. The van der Waals surface area contributed by atoms with Crippen molar-refractivity contribution in [1.82, 2.24) is 25.0 Å². The number of benzene rings is 1. The van der Waals surface area contributed by atoms with Gasteiger partial charge in [0.05, 0.1) is 30.2 Å². The van der Waals surface area contributed by atoms with Gasteiger partial charge in [-0.05, 0) is 12.1 Å². The Labute approximate surface area is 96.6 Å². The number of aliphatic hydroxyl groups excluding tert-OH is 1. The van der Waals surface area contributed by atoms with Crippen LogP contribution >= 0.6 is 0 Å². The molecule has 3 aromatic rings. The number of fused-ring (bicyclic) bond motifs is 1. The lowest BCUT2D eigenvalue weighted by atomic mass is 10.3. The summed E-state index contributed by atoms with van der Waals surface area (Å²) in [5.74, 6) is 0.580. The minimum atomic E-state index is -0.120. The van der Waals surface area contributed by atoms with Gasteiger partial charge in [0.1, 0.15) is 5.52 Å². The molecule has 0 bridgehead atoms. The number of hydrogen-bond donors (Lipinski definition) is 1. The van der Waals surface area contributed by atoms with Crippen LogP contribution < -0.4 is 0 Å². The molecule has 0 atom stereocenters. The Morgan fingerprint density at radius 3 is 2.76 bits per heavy atom. The molecule has 0 amide bonds. The van der Waals surface area contributed by atoms with Gasteiger partial charge < -0.3 is 5.11 Å². The molecule has 0 unspecified atom stereocenters. The molecule has 6 heteroatoms. The molecule has 17 heavy (non-hydrogen) atoms. The molecule has 6 nitrogen and oxygen atoms in total. The molecule has 0 radical (unpaired) electrons. The molecule has 2 aromatic heterocycles. The smallest absolute Gasteiger partial charge is 0.174 e. The molecule has 0 aliphatic heterocycles. The average molecular weight is 227 g/mol. The number of aromatic nitrogens is 5. The molecule has 1 aromatic carbocycles. The van der Waals surface area contributed by atoms with Gasteiger partial charge in [0, 0.05) is 0 Å². The average Bonchev–Trinajstić information content (AvgIpc) is 2.83. The van der Waals surface area contributed by atoms with E-state index in [1.165, 1.54) is 6.20 Å². The van der Waals surface area contributed by atoms with Gasteiger partial charge in [0.25, 0.3) is 0 Å². The fourth-order valence-corrected chi connectivity index (χ4v) is 1.58. The van der Waals surface area contributed by atoms with Crippen LogP contribution in [-0.4, -0.2) is 30.1 Å². The van der Waals surface area contributed by atoms with Gasteiger partial charge in [0.15, 0.2) is 5.82 Å². The number of para-hydroxylation sites is 1. The predicted octanol–water partition coefficient (Wildman–Crippen LogP) is 0.703. The number of rotatable bonds is 2. The van der Waals surface area contributed by atoms with E-state index in [-0.39, 0.29) is 6.61 Å². The highest BCUT2D eigenvalue weighted by Gasteiger charge is 2.06. The van der Waals surface area contributed by atoms with Gasteiger partial charge in [-0.3, -0.25) is 4.98 Å². The Balaban J connectivity index is 2.13. The van der Waals surface area contributed by atoms with Crippen LogP contribution in [-0.2, 0) is 6.61 Å². The van der Waals surface area contributed by atoms with Gasteiger partial charge >= 0.3 is 0 Å². The van der Waals surface area contributed by atoms with Crippen molar-refractivity contribution in [3.63, 3.8) is 0 Å². The molecule has 0 spiro atoms. The summed E-state index contributed by atoms with van der Waals surface area (Å²) in [7, 11) is 0. The van der Waals surface area contributed by atoms with E-state index in [4.69, 9.17) is 5.11 Å². The molecule has 84 valence electrons. The third-order valence-corrected chi connectivity index (χ3v) is 2.42. The first-order valence-corrected chi connectivity index (χ1v) is 5.11. The molecule has 0 aliphatic rings. The van der Waals surface area contributed by atoms with Crippen LogP contribution in [0.15, 0.2) is 36.7 Å². The Morgan fingerprint density at radius 1 is 1.12 bits per heavy atom. The zero-order valence-corrected chi connectivity index (χ0v) is 8.85. The lowest BCUT2D eigenvalue weighted by Gasteiger charge is -2.00. The van der Waals surface area contributed by atoms with Crippen molar-refractivity contribution in [3.8, 4) is 5.82 Å². The standard InChI is InChI=1S/C11H9N5O/c17-7-8-5-13-11(6-12-8)16-10-4-2-1-3-9(10)14-15-16/h1-6,17H,7H2. The predicted molar refractivity (Wildman–Crippen MR) is 60.4 cm³/mol. The zero-order valence-electron chi connectivity index (χ0n) is 8.85. The first-order chi connectivity index (χ1) is 8.38. The van der Waals surface area contributed by atoms with Crippen molar-refractivity contribution in [3.05, 3.63) is 42.4 Å². The summed E-state index contributed by atoms with van der Waals surface area (Å²) in [5, 5.41) is 16.9. The topological polar surface area (TPSA) is 76.7 Å². The van der Waals surface area contributed by atoms with Crippen LogP contribution in [0.3, 0.4) is 0 Å². The second kappa shape index (κ2) is 3.91. The Hall–Kier alpha value is -2.34. The van der Waals surface area contributed by atoms with Crippen molar-refractivity contribution in [2.45, 2.75) is 6.61 Å². The van der Waals surface area contributed by atoms with E-state index in [1.807, 2.05) is 24.3 Å². The van der Waals surface area contributed by atoms with Gasteiger partial charge in [-0.25, -0.2) is 4.98 Å². The molecule has 0 saturated carbocycles. The second-order valence-electron chi connectivity index (χ2n) is 3.51. The molecular formula is C11H9N5O. The van der Waals surface area contributed by atoms with Crippen LogP contribution in [0.4, 0.5) is 0 Å². The van der Waals surface area contributed by atoms with E-state index in [0.29, 0.717) is 11.5 Å². The van der Waals surface area contributed by atoms with Crippen molar-refractivity contribution in [2.75, 3.05) is 0 Å². The monoisotopic (exact) mass is 227 g/mol. The van der Waals surface area contributed by atoms with Crippen molar-refractivity contribution >= 4 is 11.0 Å². The summed E-state index contributed by atoms with van der Waals surface area (Å²) in [6.45, 7) is -0.120. The third kappa shape index (κ3) is 1.64. The van der Waals surface area contributed by atoms with Crippen LogP contribution in [0, 0.1) is 0 Å². The normalized spacial score (nSPS) is 10.9. The lowest BCUT2D eigenvalue weighted by Crippen LogP contribution is -2.02. The van der Waals surface area contributed by atoms with E-state index < -0.39 is 0 Å². The van der Waals surface area contributed by atoms with Gasteiger partial charge in [-0.1, -0.05) is 17.3 Å². The first-order valence-electron chi connectivity index (χ1n) is 5.11. The summed E-state index contributed by atoms with van der Waals surface area (Å²) in [6, 6.07) is 7.62. The molecule has 0 aliphatic carbocycles. The van der Waals surface area contributed by atoms with E-state index in [2.05, 4.69) is 20.3 Å². The maximum Gasteiger partial charge on any atom is 0.174 e. The molecular weight excluding hydrogens is 218 g/mol. The SMILES string of the molecule is OCc1cnc(-n2nnc3ccccc32)cn1. The summed E-state index contributed by atoms with van der Waals surface area (Å²) in [4.78, 5) is 8.24. The van der Waals surface area contributed by atoms with E-state index in [1.54, 1.807) is 10.9 Å². The quantitative estimate of drug-likeness (QED) is 0.697. The summed E-state index contributed by atoms with van der Waals surface area (Å²) < 4.78 is 1.61. The van der Waals surface area contributed by atoms with Crippen LogP contribution in [0.5, 0.6) is 0 Å². The summed E-state index contributed by atoms with van der Waals surface area (Å²) in [6.07, 6.45) is 3.08. The first kappa shape index (κ1) is 9.86. The maximum atomic E-state index is 8.89. The Kier molecular flexibility index (Phi) is 2.27. The van der Waals surface area contributed by atoms with Gasteiger partial charge in [0.2, 0.25) is 0 Å². The third-order valence-electron chi connectivity index (χ3n) is 2.42. The maximum absolute atomic E-state index is 8.89. The van der Waals surface area contributed by atoms with Gasteiger partial charge in [-0.2, -0.15) is 4.68 Å². The minimum Gasteiger partial charge on any atom is -0.390 e. The Bertz CT molecular complexity index is 646. The minimum absolute atomic E-state index is 0.120. The molecule has 0 saturated heterocycles. The second-order valence-corrected chi connectivity index (χ2v) is 3.51. The highest BCUT2D eigenvalue weighted by Crippen LogP contribution is 2.13. The number of nitrogens with zero attached hydrogens (tertiary/aromatic N) is 5. The van der Waals surface area contributed by atoms with Gasteiger partial charge in [-0.15, -0.1) is 5.10 Å². The lowest BCUT2D eigenvalue weighted by molar-refractivity contribution is 0.276. The van der Waals surface area contributed by atoms with Crippen LogP contribution in [0.25, 0.3) is 16.9 Å². The Morgan fingerprint density at radius 2 is 2.00 bits per heavy atom. The van der Waals surface area contributed by atoms with E-state index in [9.17, 15) is 0 Å². The van der Waals surface area contributed by atoms with Crippen LogP contribution in [0.2, 0.25) is 0 Å². The van der Waals surface area contributed by atoms with Crippen LogP contribution in [0.1, 0.15) is 5.69 Å². The fraction of sp³-hybridized carbons (Fsp3) is 0.0909. The van der Waals surface area contributed by atoms with Crippen molar-refractivity contribution < 1.29 is 5.11 Å². The molecule has 2 heterocycles. The van der Waals surface area contributed by atoms with E-state index >= 15 is 0 Å². The van der Waals surface area contributed by atoms with Crippen molar-refractivity contribution in [1.29, 1.82) is 0 Å². The summed E-state index contributed by atoms with van der Waals surface area (Å²) >= 11 is 0. The molecule has 1 N–H and O–H groups in total. The molecule has 3 rings (SSSR count). The number of hydrogen-bond acceptors (Lipinski definition) is 5. The van der Waals surface area contributed by atoms with Crippen molar-refractivity contribution in [2.24, 2.45) is 0 Å². The highest BCUT2D eigenvalue weighted by atomic mass is 16.3. The highest BCUT2D eigenvalue weighted by molar-refractivity contribution is 5.75. The van der Waals surface area contributed by atoms with E-state index in [0.717, 1.165) is 11.0 Å².